The highest BCUT2D eigenvalue weighted by atomic mass is 16.3. The Labute approximate surface area is 230 Å². The van der Waals surface area contributed by atoms with Crippen molar-refractivity contribution in [1.82, 2.24) is 25.1 Å². The first-order chi connectivity index (χ1) is 18.9. The Bertz CT molecular complexity index is 1260. The largest absolute Gasteiger partial charge is 0.396 e. The average Bonchev–Trinajstić information content (AvgIpc) is 2.96. The van der Waals surface area contributed by atoms with Gasteiger partial charge in [0.1, 0.15) is 11.5 Å². The number of hydrogen-bond donors (Lipinski definition) is 1. The van der Waals surface area contributed by atoms with E-state index in [2.05, 4.69) is 75.0 Å². The molecule has 5 rings (SSSR count). The zero-order valence-corrected chi connectivity index (χ0v) is 23.3. The van der Waals surface area contributed by atoms with Crippen molar-refractivity contribution in [3.8, 4) is 0 Å². The van der Waals surface area contributed by atoms with Crippen LogP contribution in [-0.2, 0) is 6.42 Å². The molecular weight excluding hydrogens is 490 g/mol. The van der Waals surface area contributed by atoms with Gasteiger partial charge in [-0.3, -0.25) is 4.79 Å². The maximum atomic E-state index is 12.9. The maximum absolute atomic E-state index is 12.9. The lowest BCUT2D eigenvalue weighted by atomic mass is 9.94. The summed E-state index contributed by atoms with van der Waals surface area (Å²) in [6.07, 6.45) is 6.79. The molecule has 1 N–H and O–H groups in total. The number of nitrogens with zero attached hydrogens (tertiary/aromatic N) is 7. The van der Waals surface area contributed by atoms with E-state index in [1.807, 2.05) is 11.0 Å². The van der Waals surface area contributed by atoms with Gasteiger partial charge in [0.25, 0.3) is 5.91 Å². The molecule has 206 valence electrons. The summed E-state index contributed by atoms with van der Waals surface area (Å²) < 4.78 is 0. The number of amides is 1. The molecule has 39 heavy (non-hydrogen) atoms. The molecule has 9 nitrogen and oxygen atoms in total. The summed E-state index contributed by atoms with van der Waals surface area (Å²) in [5.74, 6) is 2.18. The molecule has 0 spiro atoms. The van der Waals surface area contributed by atoms with Gasteiger partial charge in [-0.05, 0) is 62.6 Å². The maximum Gasteiger partial charge on any atom is 0.274 e. The summed E-state index contributed by atoms with van der Waals surface area (Å²) in [7, 11) is 0. The molecule has 4 heterocycles. The highest BCUT2D eigenvalue weighted by Crippen LogP contribution is 2.27. The first-order valence-corrected chi connectivity index (χ1v) is 14.0. The van der Waals surface area contributed by atoms with Crippen molar-refractivity contribution in [2.24, 2.45) is 5.92 Å². The van der Waals surface area contributed by atoms with Crippen molar-refractivity contribution in [2.45, 2.75) is 52.5 Å². The molecule has 2 aliphatic rings. The van der Waals surface area contributed by atoms with E-state index in [1.54, 1.807) is 12.4 Å². The Hall–Kier alpha value is -3.59. The Balaban J connectivity index is 1.20. The molecule has 3 aromatic rings. The van der Waals surface area contributed by atoms with Crippen LogP contribution in [0.3, 0.4) is 0 Å². The van der Waals surface area contributed by atoms with Gasteiger partial charge in [-0.15, -0.1) is 5.10 Å². The average molecular weight is 530 g/mol. The molecule has 2 aliphatic heterocycles. The van der Waals surface area contributed by atoms with Crippen LogP contribution >= 0.6 is 0 Å². The van der Waals surface area contributed by atoms with Crippen molar-refractivity contribution in [3.63, 3.8) is 0 Å². The van der Waals surface area contributed by atoms with E-state index in [0.29, 0.717) is 24.7 Å². The van der Waals surface area contributed by atoms with Crippen LogP contribution < -0.4 is 9.80 Å². The van der Waals surface area contributed by atoms with E-state index >= 15 is 0 Å². The highest BCUT2D eigenvalue weighted by Gasteiger charge is 2.29. The Morgan fingerprint density at radius 3 is 2.41 bits per heavy atom. The molecule has 1 unspecified atom stereocenters. The number of rotatable bonds is 7. The van der Waals surface area contributed by atoms with E-state index < -0.39 is 0 Å². The Morgan fingerprint density at radius 2 is 1.74 bits per heavy atom. The number of piperazine rings is 1. The fourth-order valence-corrected chi connectivity index (χ4v) is 5.74. The molecule has 2 aromatic heterocycles. The fourth-order valence-electron chi connectivity index (χ4n) is 5.74. The molecule has 1 aromatic carbocycles. The number of hydrogen-bond acceptors (Lipinski definition) is 8. The van der Waals surface area contributed by atoms with Gasteiger partial charge in [0.15, 0.2) is 5.82 Å². The molecule has 2 saturated heterocycles. The molecule has 0 bridgehead atoms. The molecule has 1 atom stereocenters. The third-order valence-corrected chi connectivity index (χ3v) is 8.33. The summed E-state index contributed by atoms with van der Waals surface area (Å²) in [6, 6.07) is 10.6. The van der Waals surface area contributed by atoms with Crippen LogP contribution in [0.2, 0.25) is 0 Å². The summed E-state index contributed by atoms with van der Waals surface area (Å²) >= 11 is 0. The number of carbonyl (C=O) groups is 1. The number of benzene rings is 1. The minimum absolute atomic E-state index is 0.0607. The molecule has 0 saturated carbocycles. The Morgan fingerprint density at radius 1 is 0.974 bits per heavy atom. The van der Waals surface area contributed by atoms with Gasteiger partial charge >= 0.3 is 0 Å². The van der Waals surface area contributed by atoms with E-state index in [9.17, 15) is 4.79 Å². The SMILES string of the molecule is Cc1c(Cc2ccccc2)nnc(N2CCN(c3cnc(C(=O)N4CCC(CCO)CC4)cn3)C(C)C2)c1C. The molecular formula is C30H39N7O2. The van der Waals surface area contributed by atoms with Gasteiger partial charge in [-0.1, -0.05) is 30.3 Å². The number of anilines is 2. The topological polar surface area (TPSA) is 98.6 Å². The summed E-state index contributed by atoms with van der Waals surface area (Å²) in [6.45, 7) is 10.5. The second-order valence-corrected chi connectivity index (χ2v) is 10.9. The predicted octanol–water partition coefficient (Wildman–Crippen LogP) is 3.42. The molecule has 0 radical (unpaired) electrons. The van der Waals surface area contributed by atoms with E-state index in [0.717, 1.165) is 62.6 Å². The lowest BCUT2D eigenvalue weighted by Crippen LogP contribution is -2.53. The van der Waals surface area contributed by atoms with Gasteiger partial charge in [-0.25, -0.2) is 9.97 Å². The zero-order chi connectivity index (χ0) is 27.4. The van der Waals surface area contributed by atoms with Gasteiger partial charge < -0.3 is 19.8 Å². The van der Waals surface area contributed by atoms with E-state index in [-0.39, 0.29) is 18.6 Å². The normalized spacial score (nSPS) is 18.5. The van der Waals surface area contributed by atoms with Crippen molar-refractivity contribution in [3.05, 3.63) is 70.8 Å². The first kappa shape index (κ1) is 27.0. The lowest BCUT2D eigenvalue weighted by molar-refractivity contribution is 0.0671. The van der Waals surface area contributed by atoms with Crippen molar-refractivity contribution < 1.29 is 9.90 Å². The van der Waals surface area contributed by atoms with Crippen LogP contribution in [0, 0.1) is 19.8 Å². The van der Waals surface area contributed by atoms with E-state index in [1.165, 1.54) is 16.7 Å². The highest BCUT2D eigenvalue weighted by molar-refractivity contribution is 5.92. The standard InChI is InChI=1S/C30H39N7O2/c1-21-20-36(29-23(3)22(2)26(33-34-29)17-25-7-5-4-6-8-25)14-15-37(21)28-19-31-27(18-32-28)30(39)35-12-9-24(10-13-35)11-16-38/h4-8,18-19,21,24,38H,9-17,20H2,1-3H3. The van der Waals surface area contributed by atoms with Gasteiger partial charge in [0, 0.05) is 51.8 Å². The van der Waals surface area contributed by atoms with Crippen LogP contribution in [0.4, 0.5) is 11.6 Å². The van der Waals surface area contributed by atoms with Crippen LogP contribution in [0.25, 0.3) is 0 Å². The van der Waals surface area contributed by atoms with Crippen molar-refractivity contribution >= 4 is 17.5 Å². The Kier molecular flexibility index (Phi) is 8.35. The minimum atomic E-state index is -0.0607. The lowest BCUT2D eigenvalue weighted by Gasteiger charge is -2.41. The van der Waals surface area contributed by atoms with Gasteiger partial charge in [-0.2, -0.15) is 5.10 Å². The fraction of sp³-hybridized carbons (Fsp3) is 0.500. The third-order valence-electron chi connectivity index (χ3n) is 8.33. The monoisotopic (exact) mass is 529 g/mol. The summed E-state index contributed by atoms with van der Waals surface area (Å²) in [5, 5.41) is 18.4. The van der Waals surface area contributed by atoms with Crippen LogP contribution in [0.5, 0.6) is 0 Å². The first-order valence-electron chi connectivity index (χ1n) is 14.0. The quantitative estimate of drug-likeness (QED) is 0.497. The summed E-state index contributed by atoms with van der Waals surface area (Å²) in [4.78, 5) is 28.5. The van der Waals surface area contributed by atoms with Crippen molar-refractivity contribution in [2.75, 3.05) is 49.1 Å². The van der Waals surface area contributed by atoms with Gasteiger partial charge in [0.05, 0.1) is 18.1 Å². The summed E-state index contributed by atoms with van der Waals surface area (Å²) in [5.41, 5.74) is 5.03. The zero-order valence-electron chi connectivity index (χ0n) is 23.3. The molecule has 1 amide bonds. The number of likely N-dealkylation sites (tertiary alicyclic amines) is 1. The smallest absolute Gasteiger partial charge is 0.274 e. The van der Waals surface area contributed by atoms with Crippen LogP contribution in [0.15, 0.2) is 42.7 Å². The van der Waals surface area contributed by atoms with Crippen LogP contribution in [0.1, 0.15) is 59.1 Å². The number of aromatic nitrogens is 4. The minimum Gasteiger partial charge on any atom is -0.396 e. The molecule has 9 heteroatoms. The predicted molar refractivity (Wildman–Crippen MR) is 152 cm³/mol. The molecule has 0 aliphatic carbocycles. The number of carbonyl (C=O) groups excluding carboxylic acids is 1. The number of aliphatic hydroxyl groups is 1. The molecule has 2 fully saturated rings. The van der Waals surface area contributed by atoms with Crippen molar-refractivity contribution in [1.29, 1.82) is 0 Å². The number of piperidine rings is 1. The third kappa shape index (κ3) is 6.03. The second-order valence-electron chi connectivity index (χ2n) is 10.9. The van der Waals surface area contributed by atoms with Gasteiger partial charge in [0.2, 0.25) is 0 Å². The number of aliphatic hydroxyl groups excluding tert-OH is 1. The van der Waals surface area contributed by atoms with E-state index in [4.69, 9.17) is 5.11 Å². The van der Waals surface area contributed by atoms with Crippen LogP contribution in [-0.4, -0.2) is 81.5 Å². The second kappa shape index (κ2) is 12.1.